The number of aromatic nitrogens is 3. The molecule has 8 heteroatoms. The zero-order valence-electron chi connectivity index (χ0n) is 14.3. The number of fused-ring (bicyclic) bond motifs is 1. The maximum Gasteiger partial charge on any atom is 0.416 e. The number of nitrogens with zero attached hydrogens (tertiary/aromatic N) is 3. The Bertz CT molecular complexity index is 1000. The molecule has 3 aromatic rings. The van der Waals surface area contributed by atoms with E-state index in [1.54, 1.807) is 0 Å². The van der Waals surface area contributed by atoms with E-state index in [9.17, 15) is 13.2 Å². The molecule has 0 atom stereocenters. The van der Waals surface area contributed by atoms with Crippen LogP contribution in [0.25, 0.3) is 5.69 Å². The molecule has 1 aliphatic rings. The zero-order chi connectivity index (χ0) is 19.0. The van der Waals surface area contributed by atoms with Gasteiger partial charge in [-0.25, -0.2) is 4.98 Å². The van der Waals surface area contributed by atoms with Crippen molar-refractivity contribution in [1.82, 2.24) is 19.4 Å². The molecule has 0 aliphatic carbocycles. The summed E-state index contributed by atoms with van der Waals surface area (Å²) in [6.07, 6.45) is 0.224. The Morgan fingerprint density at radius 1 is 1.15 bits per heavy atom. The van der Waals surface area contributed by atoms with E-state index in [1.165, 1.54) is 12.1 Å². The number of halogens is 3. The van der Waals surface area contributed by atoms with Crippen LogP contribution in [0.4, 0.5) is 13.2 Å². The molecule has 1 N–H and O–H groups in total. The molecule has 140 valence electrons. The molecule has 0 unspecified atom stereocenters. The van der Waals surface area contributed by atoms with Crippen LogP contribution in [0.1, 0.15) is 22.5 Å². The molecule has 0 amide bonds. The lowest BCUT2D eigenvalue weighted by Crippen LogP contribution is -2.31. The molecule has 4 rings (SSSR count). The summed E-state index contributed by atoms with van der Waals surface area (Å²) in [5, 5.41) is 0. The fourth-order valence-electron chi connectivity index (χ4n) is 3.38. The molecule has 1 aromatic carbocycles. The van der Waals surface area contributed by atoms with Crippen molar-refractivity contribution in [1.29, 1.82) is 0 Å². The van der Waals surface area contributed by atoms with Crippen molar-refractivity contribution in [3.8, 4) is 5.69 Å². The van der Waals surface area contributed by atoms with E-state index in [-0.39, 0.29) is 0 Å². The molecule has 0 fully saturated rings. The predicted octanol–water partition coefficient (Wildman–Crippen LogP) is 4.51. The lowest BCUT2D eigenvalue weighted by molar-refractivity contribution is -0.137. The molecule has 2 aromatic heterocycles. The highest BCUT2D eigenvalue weighted by Crippen LogP contribution is 2.30. The summed E-state index contributed by atoms with van der Waals surface area (Å²) < 4.78 is 40.7. The van der Waals surface area contributed by atoms with Gasteiger partial charge in [0.25, 0.3) is 0 Å². The van der Waals surface area contributed by atoms with Crippen molar-refractivity contribution in [2.24, 2.45) is 0 Å². The average Bonchev–Trinajstić information content (AvgIpc) is 3.09. The minimum atomic E-state index is -4.32. The van der Waals surface area contributed by atoms with Gasteiger partial charge in [-0.15, -0.1) is 0 Å². The van der Waals surface area contributed by atoms with Crippen molar-refractivity contribution in [2.45, 2.75) is 25.7 Å². The number of benzene rings is 1. The summed E-state index contributed by atoms with van der Waals surface area (Å²) in [4.78, 5) is 9.58. The van der Waals surface area contributed by atoms with E-state index in [1.807, 2.05) is 29.1 Å². The van der Waals surface area contributed by atoms with Crippen molar-refractivity contribution in [2.75, 3.05) is 6.54 Å². The Kier molecular flexibility index (Phi) is 4.61. The van der Waals surface area contributed by atoms with Gasteiger partial charge in [-0.05, 0) is 48.6 Å². The van der Waals surface area contributed by atoms with E-state index in [4.69, 9.17) is 12.2 Å². The summed E-state index contributed by atoms with van der Waals surface area (Å²) in [6, 6.07) is 9.13. The number of H-pyrrole nitrogens is 1. The zero-order valence-corrected chi connectivity index (χ0v) is 15.1. The molecule has 0 saturated heterocycles. The number of nitrogens with one attached hydrogen (secondary N) is 1. The van der Waals surface area contributed by atoms with E-state index < -0.39 is 11.7 Å². The van der Waals surface area contributed by atoms with Gasteiger partial charge in [0, 0.05) is 61.1 Å². The number of aromatic amines is 1. The van der Waals surface area contributed by atoms with E-state index >= 15 is 0 Å². The molecule has 3 heterocycles. The second kappa shape index (κ2) is 6.94. The van der Waals surface area contributed by atoms with E-state index in [0.29, 0.717) is 17.0 Å². The molecule has 4 nitrogen and oxygen atoms in total. The topological polar surface area (TPSA) is 36.9 Å². The molecule has 27 heavy (non-hydrogen) atoms. The second-order valence-corrected chi connectivity index (χ2v) is 6.95. The summed E-state index contributed by atoms with van der Waals surface area (Å²) in [6.45, 7) is 2.33. The first-order chi connectivity index (χ1) is 12.9. The Morgan fingerprint density at radius 2 is 1.93 bits per heavy atom. The highest BCUT2D eigenvalue weighted by Gasteiger charge is 2.30. The normalized spacial score (nSPS) is 14.9. The van der Waals surface area contributed by atoms with Gasteiger partial charge in [-0.2, -0.15) is 13.2 Å². The van der Waals surface area contributed by atoms with Crippen LogP contribution in [0.2, 0.25) is 0 Å². The lowest BCUT2D eigenvalue weighted by atomic mass is 10.1. The van der Waals surface area contributed by atoms with Crippen LogP contribution in [0.15, 0.2) is 48.8 Å². The third-order valence-electron chi connectivity index (χ3n) is 4.75. The van der Waals surface area contributed by atoms with Crippen LogP contribution in [-0.2, 0) is 25.7 Å². The quantitative estimate of drug-likeness (QED) is 0.669. The number of rotatable bonds is 3. The summed E-state index contributed by atoms with van der Waals surface area (Å²) in [5.74, 6) is 0. The van der Waals surface area contributed by atoms with Crippen molar-refractivity contribution >= 4 is 12.2 Å². The van der Waals surface area contributed by atoms with E-state index in [2.05, 4.69) is 14.9 Å². The Balaban J connectivity index is 1.53. The van der Waals surface area contributed by atoms with Crippen LogP contribution >= 0.6 is 12.2 Å². The average molecular weight is 390 g/mol. The van der Waals surface area contributed by atoms with Gasteiger partial charge in [0.05, 0.1) is 5.56 Å². The van der Waals surface area contributed by atoms with Gasteiger partial charge in [-0.1, -0.05) is 0 Å². The summed E-state index contributed by atoms with van der Waals surface area (Å²) in [5.41, 5.74) is 3.35. The predicted molar refractivity (Wildman–Crippen MR) is 98.0 cm³/mol. The summed E-state index contributed by atoms with van der Waals surface area (Å²) in [7, 11) is 0. The molecule has 0 saturated carbocycles. The molecule has 0 bridgehead atoms. The highest BCUT2D eigenvalue weighted by molar-refractivity contribution is 7.71. The van der Waals surface area contributed by atoms with Gasteiger partial charge < -0.3 is 9.55 Å². The van der Waals surface area contributed by atoms with Crippen LogP contribution < -0.4 is 0 Å². The fraction of sp³-hybridized carbons (Fsp3) is 0.263. The largest absolute Gasteiger partial charge is 0.416 e. The third-order valence-corrected chi connectivity index (χ3v) is 4.95. The van der Waals surface area contributed by atoms with Crippen molar-refractivity contribution < 1.29 is 13.2 Å². The maximum absolute atomic E-state index is 12.8. The van der Waals surface area contributed by atoms with E-state index in [0.717, 1.165) is 48.6 Å². The first kappa shape index (κ1) is 17.9. The van der Waals surface area contributed by atoms with Crippen LogP contribution in [0.5, 0.6) is 0 Å². The molecular weight excluding hydrogens is 373 g/mol. The SMILES string of the molecule is FC(F)(F)c1ccc(-n2cccc2CN2CCc3[nH]c(=S)ncc3C2)cc1. The number of hydrogen-bond acceptors (Lipinski definition) is 3. The Hall–Kier alpha value is -2.45. The van der Waals surface area contributed by atoms with Crippen LogP contribution in [-0.4, -0.2) is 26.0 Å². The highest BCUT2D eigenvalue weighted by atomic mass is 32.1. The Morgan fingerprint density at radius 3 is 2.67 bits per heavy atom. The van der Waals surface area contributed by atoms with Gasteiger partial charge in [0.1, 0.15) is 0 Å². The van der Waals surface area contributed by atoms with Crippen LogP contribution in [0, 0.1) is 4.77 Å². The fourth-order valence-corrected chi connectivity index (χ4v) is 3.55. The molecular formula is C19H17F3N4S. The minimum Gasteiger partial charge on any atom is -0.334 e. The summed E-state index contributed by atoms with van der Waals surface area (Å²) >= 11 is 5.07. The molecule has 0 radical (unpaired) electrons. The van der Waals surface area contributed by atoms with Crippen molar-refractivity contribution in [3.05, 3.63) is 76.1 Å². The van der Waals surface area contributed by atoms with Crippen molar-refractivity contribution in [3.63, 3.8) is 0 Å². The Labute approximate surface area is 159 Å². The van der Waals surface area contributed by atoms with Gasteiger partial charge in [0.15, 0.2) is 4.77 Å². The van der Waals surface area contributed by atoms with Gasteiger partial charge in [0.2, 0.25) is 0 Å². The third kappa shape index (κ3) is 3.81. The molecule has 1 aliphatic heterocycles. The first-order valence-electron chi connectivity index (χ1n) is 8.53. The van der Waals surface area contributed by atoms with Gasteiger partial charge in [-0.3, -0.25) is 4.90 Å². The number of hydrogen-bond donors (Lipinski definition) is 1. The first-order valence-corrected chi connectivity index (χ1v) is 8.94. The second-order valence-electron chi connectivity index (χ2n) is 6.57. The van der Waals surface area contributed by atoms with Crippen LogP contribution in [0.3, 0.4) is 0 Å². The monoisotopic (exact) mass is 390 g/mol. The maximum atomic E-state index is 12.8. The van der Waals surface area contributed by atoms with Gasteiger partial charge >= 0.3 is 6.18 Å². The standard InChI is InChI=1S/C19H17F3N4S/c20-19(21,22)14-3-5-15(6-4-14)26-8-1-2-16(26)12-25-9-7-17-13(11-25)10-23-18(27)24-17/h1-6,8,10H,7,9,11-12H2,(H,23,24,27). The smallest absolute Gasteiger partial charge is 0.334 e. The number of alkyl halides is 3. The molecule has 0 spiro atoms. The lowest BCUT2D eigenvalue weighted by Gasteiger charge is -2.28. The minimum absolute atomic E-state index is 0.499.